The van der Waals surface area contributed by atoms with Gasteiger partial charge in [0.1, 0.15) is 18.3 Å². The van der Waals surface area contributed by atoms with E-state index in [2.05, 4.69) is 10.6 Å². The largest absolute Gasteiger partial charge is 0.495 e. The molecule has 1 fully saturated rings. The first-order chi connectivity index (χ1) is 16.3. The minimum absolute atomic E-state index is 0.0949. The number of carbonyl (C=O) groups is 2. The molecule has 2 aliphatic heterocycles. The molecule has 9 nitrogen and oxygen atoms in total. The monoisotopic (exact) mass is 486 g/mol. The van der Waals surface area contributed by atoms with Crippen LogP contribution in [0, 0.1) is 0 Å². The second-order valence-corrected chi connectivity index (χ2v) is 10.5. The summed E-state index contributed by atoms with van der Waals surface area (Å²) in [6.07, 6.45) is 3.74. The molecule has 1 saturated heterocycles. The number of amides is 2. The molecule has 10 heteroatoms. The number of nitrogens with one attached hydrogen (secondary N) is 2. The Morgan fingerprint density at radius 3 is 2.50 bits per heavy atom. The molecule has 0 unspecified atom stereocenters. The van der Waals surface area contributed by atoms with Crippen LogP contribution in [0.15, 0.2) is 47.4 Å². The van der Waals surface area contributed by atoms with Crippen LogP contribution in [-0.2, 0) is 19.6 Å². The van der Waals surface area contributed by atoms with Crippen molar-refractivity contribution in [3.8, 4) is 5.75 Å². The standard InChI is InChI=1S/C24H30N4O5S/c1-17(24(30)28-16-23(29)26-19-9-5-6-10-21(19)28)25-20-15-18(11-12-22(20)33-2)34(31,32)27-13-7-3-4-8-14-27/h5-6,9-12,15,17,25H,3-4,7-8,13-14,16H2,1-2H3,(H,26,29)/t17-/m0/s1. The van der Waals surface area contributed by atoms with Gasteiger partial charge in [-0.05, 0) is 50.1 Å². The lowest BCUT2D eigenvalue weighted by molar-refractivity contribution is -0.122. The summed E-state index contributed by atoms with van der Waals surface area (Å²) in [6, 6.07) is 11.0. The molecule has 2 aliphatic rings. The minimum atomic E-state index is -3.67. The molecule has 1 atom stereocenters. The van der Waals surface area contributed by atoms with Crippen molar-refractivity contribution in [1.29, 1.82) is 0 Å². The number of nitrogens with zero attached hydrogens (tertiary/aromatic N) is 2. The van der Waals surface area contributed by atoms with Crippen LogP contribution in [0.25, 0.3) is 0 Å². The Morgan fingerprint density at radius 1 is 1.09 bits per heavy atom. The summed E-state index contributed by atoms with van der Waals surface area (Å²) in [5.74, 6) is -0.168. The summed E-state index contributed by atoms with van der Waals surface area (Å²) in [5.41, 5.74) is 1.58. The first-order valence-electron chi connectivity index (χ1n) is 11.5. The lowest BCUT2D eigenvalue weighted by atomic mass is 10.1. The fourth-order valence-electron chi connectivity index (χ4n) is 4.35. The predicted octanol–water partition coefficient (Wildman–Crippen LogP) is 3.05. The van der Waals surface area contributed by atoms with Crippen molar-refractivity contribution < 1.29 is 22.7 Å². The second kappa shape index (κ2) is 10.0. The van der Waals surface area contributed by atoms with E-state index in [0.717, 1.165) is 25.7 Å². The van der Waals surface area contributed by atoms with Crippen LogP contribution < -0.4 is 20.3 Å². The first kappa shape index (κ1) is 24.0. The summed E-state index contributed by atoms with van der Waals surface area (Å²) in [5, 5.41) is 5.87. The molecule has 0 bridgehead atoms. The van der Waals surface area contributed by atoms with Gasteiger partial charge in [0.25, 0.3) is 0 Å². The van der Waals surface area contributed by atoms with E-state index in [9.17, 15) is 18.0 Å². The van der Waals surface area contributed by atoms with Gasteiger partial charge in [-0.2, -0.15) is 4.31 Å². The maximum atomic E-state index is 13.3. The summed E-state index contributed by atoms with van der Waals surface area (Å²) in [7, 11) is -2.18. The van der Waals surface area contributed by atoms with Crippen LogP contribution in [0.5, 0.6) is 5.75 Å². The van der Waals surface area contributed by atoms with E-state index in [4.69, 9.17) is 4.74 Å². The van der Waals surface area contributed by atoms with Gasteiger partial charge >= 0.3 is 0 Å². The Morgan fingerprint density at radius 2 is 1.79 bits per heavy atom. The summed E-state index contributed by atoms with van der Waals surface area (Å²) in [6.45, 7) is 2.58. The maximum absolute atomic E-state index is 13.3. The highest BCUT2D eigenvalue weighted by atomic mass is 32.2. The molecular formula is C24H30N4O5S. The molecule has 2 aromatic rings. The molecule has 0 radical (unpaired) electrons. The van der Waals surface area contributed by atoms with Crippen molar-refractivity contribution >= 4 is 38.9 Å². The third-order valence-electron chi connectivity index (χ3n) is 6.15. The Kier molecular flexibility index (Phi) is 7.08. The van der Waals surface area contributed by atoms with Gasteiger partial charge in [0.15, 0.2) is 0 Å². The van der Waals surface area contributed by atoms with E-state index in [1.54, 1.807) is 37.3 Å². The van der Waals surface area contributed by atoms with Gasteiger partial charge in [-0.25, -0.2) is 8.42 Å². The zero-order chi connectivity index (χ0) is 24.3. The third-order valence-corrected chi connectivity index (χ3v) is 8.05. The number of carbonyl (C=O) groups excluding carboxylic acids is 2. The normalized spacial score (nSPS) is 17.8. The number of benzene rings is 2. The molecule has 4 rings (SSSR count). The fourth-order valence-corrected chi connectivity index (χ4v) is 5.89. The molecule has 0 spiro atoms. The Balaban J connectivity index is 1.58. The number of fused-ring (bicyclic) bond motifs is 1. The van der Waals surface area contributed by atoms with Crippen molar-refractivity contribution in [2.45, 2.75) is 43.5 Å². The van der Waals surface area contributed by atoms with Crippen LogP contribution in [0.2, 0.25) is 0 Å². The second-order valence-electron chi connectivity index (χ2n) is 8.54. The average Bonchev–Trinajstić information content (AvgIpc) is 3.13. The molecule has 2 N–H and O–H groups in total. The average molecular weight is 487 g/mol. The number of ether oxygens (including phenoxy) is 1. The first-order valence-corrected chi connectivity index (χ1v) is 12.9. The smallest absolute Gasteiger partial charge is 0.249 e. The topological polar surface area (TPSA) is 108 Å². The SMILES string of the molecule is COc1ccc(S(=O)(=O)N2CCCCCC2)cc1N[C@@H](C)C(=O)N1CC(=O)Nc2ccccc21. The van der Waals surface area contributed by atoms with Gasteiger partial charge in [0.05, 0.1) is 29.1 Å². The maximum Gasteiger partial charge on any atom is 0.249 e. The van der Waals surface area contributed by atoms with Crippen molar-refractivity contribution in [2.75, 3.05) is 42.3 Å². The molecule has 0 aliphatic carbocycles. The van der Waals surface area contributed by atoms with E-state index < -0.39 is 16.1 Å². The van der Waals surface area contributed by atoms with Gasteiger partial charge < -0.3 is 15.4 Å². The van der Waals surface area contributed by atoms with Crippen LogP contribution in [0.3, 0.4) is 0 Å². The number of hydrogen-bond donors (Lipinski definition) is 2. The van der Waals surface area contributed by atoms with Gasteiger partial charge in [0, 0.05) is 13.1 Å². The van der Waals surface area contributed by atoms with Crippen LogP contribution in [0.4, 0.5) is 17.1 Å². The molecule has 2 heterocycles. The van der Waals surface area contributed by atoms with E-state index >= 15 is 0 Å². The van der Waals surface area contributed by atoms with Crippen LogP contribution in [0.1, 0.15) is 32.6 Å². The summed E-state index contributed by atoms with van der Waals surface area (Å²) >= 11 is 0. The number of para-hydroxylation sites is 2. The summed E-state index contributed by atoms with van der Waals surface area (Å²) < 4.78 is 33.5. The van der Waals surface area contributed by atoms with E-state index in [0.29, 0.717) is 35.9 Å². The van der Waals surface area contributed by atoms with Crippen molar-refractivity contribution in [3.05, 3.63) is 42.5 Å². The zero-order valence-electron chi connectivity index (χ0n) is 19.4. The fraction of sp³-hybridized carbons (Fsp3) is 0.417. The minimum Gasteiger partial charge on any atom is -0.495 e. The molecule has 0 saturated carbocycles. The number of hydrogen-bond acceptors (Lipinski definition) is 6. The van der Waals surface area contributed by atoms with Crippen LogP contribution >= 0.6 is 0 Å². The van der Waals surface area contributed by atoms with E-state index in [-0.39, 0.29) is 23.3 Å². The van der Waals surface area contributed by atoms with Gasteiger partial charge in [-0.15, -0.1) is 0 Å². The predicted molar refractivity (Wildman–Crippen MR) is 131 cm³/mol. The summed E-state index contributed by atoms with van der Waals surface area (Å²) in [4.78, 5) is 27.0. The number of sulfonamides is 1. The van der Waals surface area contributed by atoms with Crippen molar-refractivity contribution in [1.82, 2.24) is 4.31 Å². The van der Waals surface area contributed by atoms with Gasteiger partial charge in [-0.3, -0.25) is 14.5 Å². The Labute approximate surface area is 200 Å². The van der Waals surface area contributed by atoms with E-state index in [1.165, 1.54) is 28.4 Å². The number of anilines is 3. The zero-order valence-corrected chi connectivity index (χ0v) is 20.2. The van der Waals surface area contributed by atoms with Gasteiger partial charge in [0.2, 0.25) is 21.8 Å². The van der Waals surface area contributed by atoms with Crippen molar-refractivity contribution in [2.24, 2.45) is 0 Å². The molecule has 182 valence electrons. The van der Waals surface area contributed by atoms with Gasteiger partial charge in [-0.1, -0.05) is 25.0 Å². The molecule has 0 aromatic heterocycles. The highest BCUT2D eigenvalue weighted by Crippen LogP contribution is 2.32. The Hall–Kier alpha value is -3.11. The quantitative estimate of drug-likeness (QED) is 0.650. The number of methoxy groups -OCH3 is 1. The molecule has 34 heavy (non-hydrogen) atoms. The lowest BCUT2D eigenvalue weighted by Gasteiger charge is -2.31. The molecule has 2 amide bonds. The molecular weight excluding hydrogens is 456 g/mol. The van der Waals surface area contributed by atoms with Crippen LogP contribution in [-0.4, -0.2) is 57.3 Å². The molecule has 2 aromatic carbocycles. The third kappa shape index (κ3) is 4.88. The highest BCUT2D eigenvalue weighted by Gasteiger charge is 2.31. The lowest BCUT2D eigenvalue weighted by Crippen LogP contribution is -2.47. The number of rotatable bonds is 6. The van der Waals surface area contributed by atoms with Crippen molar-refractivity contribution in [3.63, 3.8) is 0 Å². The Bertz CT molecular complexity index is 1180. The highest BCUT2D eigenvalue weighted by molar-refractivity contribution is 7.89. The van der Waals surface area contributed by atoms with E-state index in [1.807, 2.05) is 0 Å².